The van der Waals surface area contributed by atoms with Crippen LogP contribution in [0.2, 0.25) is 0 Å². The van der Waals surface area contributed by atoms with Crippen LogP contribution < -0.4 is 4.46 Å². The van der Waals surface area contributed by atoms with Crippen LogP contribution in [0, 0.1) is 11.6 Å². The van der Waals surface area contributed by atoms with Gasteiger partial charge in [-0.3, -0.25) is 0 Å². The number of benzene rings is 2. The van der Waals surface area contributed by atoms with Crippen LogP contribution in [0.15, 0.2) is 36.4 Å². The average Bonchev–Trinajstić information content (AvgIpc) is 2.49. The molecule has 2 aromatic rings. The zero-order valence-corrected chi connectivity index (χ0v) is 10.8. The minimum atomic E-state index is -0.740. The number of hydrogen-bond donors (Lipinski definition) is 0. The van der Waals surface area contributed by atoms with Gasteiger partial charge in [0, 0.05) is 0 Å². The van der Waals surface area contributed by atoms with Crippen molar-refractivity contribution in [3.63, 3.8) is 0 Å². The molecule has 0 bridgehead atoms. The average molecular weight is 295 g/mol. The Morgan fingerprint density at radius 1 is 0.882 bits per heavy atom. The summed E-state index contributed by atoms with van der Waals surface area (Å²) in [6, 6.07) is 10.9. The van der Waals surface area contributed by atoms with Crippen molar-refractivity contribution < 1.29 is 8.78 Å². The summed E-state index contributed by atoms with van der Waals surface area (Å²) in [4.78, 5) is 0. The van der Waals surface area contributed by atoms with Crippen molar-refractivity contribution in [2.24, 2.45) is 0 Å². The van der Waals surface area contributed by atoms with E-state index in [0.717, 1.165) is 16.4 Å². The molecule has 0 nitrogen and oxygen atoms in total. The molecule has 0 spiro atoms. The molecule has 0 fully saturated rings. The van der Waals surface area contributed by atoms with Crippen molar-refractivity contribution in [2.45, 2.75) is 11.7 Å². The van der Waals surface area contributed by atoms with E-state index in [1.807, 2.05) is 12.1 Å². The molecule has 3 heteroatoms. The van der Waals surface area contributed by atoms with Gasteiger partial charge in [-0.15, -0.1) is 0 Å². The molecule has 0 amide bonds. The second-order valence-corrected chi connectivity index (χ2v) is 6.24. The van der Waals surface area contributed by atoms with Crippen molar-refractivity contribution in [1.82, 2.24) is 0 Å². The Labute approximate surface area is 105 Å². The monoisotopic (exact) mass is 296 g/mol. The molecule has 2 aromatic carbocycles. The predicted octanol–water partition coefficient (Wildman–Crippen LogP) is 2.40. The van der Waals surface area contributed by atoms with Gasteiger partial charge in [0.2, 0.25) is 0 Å². The Morgan fingerprint density at radius 2 is 1.59 bits per heavy atom. The zero-order chi connectivity index (χ0) is 11.8. The van der Waals surface area contributed by atoms with Gasteiger partial charge in [-0.05, 0) is 0 Å². The normalized spacial score (nSPS) is 13.8. The maximum absolute atomic E-state index is 13.2. The topological polar surface area (TPSA) is 0 Å². The quantitative estimate of drug-likeness (QED) is 0.655. The summed E-state index contributed by atoms with van der Waals surface area (Å²) in [6.45, 7) is 0. The Kier molecular flexibility index (Phi) is 2.73. The Bertz CT molecular complexity index is 578. The van der Waals surface area contributed by atoms with Crippen LogP contribution in [0.4, 0.5) is 8.78 Å². The van der Waals surface area contributed by atoms with Crippen LogP contribution in [0.5, 0.6) is 0 Å². The first-order valence-electron chi connectivity index (χ1n) is 5.41. The van der Waals surface area contributed by atoms with E-state index < -0.39 is 11.6 Å². The summed E-state index contributed by atoms with van der Waals surface area (Å²) in [6.07, 6.45) is 0.713. The van der Waals surface area contributed by atoms with Crippen molar-refractivity contribution in [3.05, 3.63) is 64.7 Å². The molecule has 0 saturated carbocycles. The van der Waals surface area contributed by atoms with E-state index in [2.05, 4.69) is 12.1 Å². The van der Waals surface area contributed by atoms with Gasteiger partial charge in [0.15, 0.2) is 0 Å². The van der Waals surface area contributed by atoms with Crippen molar-refractivity contribution >= 4 is 19.4 Å². The molecular weight excluding hydrogens is 285 g/mol. The zero-order valence-electron chi connectivity index (χ0n) is 9.04. The Hall–Kier alpha value is -1.18. The fourth-order valence-corrected chi connectivity index (χ4v) is 4.35. The van der Waals surface area contributed by atoms with E-state index in [1.54, 1.807) is 0 Å². The second kappa shape index (κ2) is 4.25. The predicted molar refractivity (Wildman–Crippen MR) is 64.7 cm³/mol. The fourth-order valence-electron chi connectivity index (χ4n) is 2.08. The van der Waals surface area contributed by atoms with Gasteiger partial charge in [0.05, 0.1) is 0 Å². The van der Waals surface area contributed by atoms with Gasteiger partial charge in [0.25, 0.3) is 0 Å². The van der Waals surface area contributed by atoms with Gasteiger partial charge in [-0.25, -0.2) is 0 Å². The minimum absolute atomic E-state index is 0.312. The number of hydrogen-bond acceptors (Lipinski definition) is 0. The summed E-state index contributed by atoms with van der Waals surface area (Å²) < 4.78 is 27.8. The van der Waals surface area contributed by atoms with Crippen molar-refractivity contribution in [2.75, 3.05) is 0 Å². The molecule has 17 heavy (non-hydrogen) atoms. The van der Waals surface area contributed by atoms with Gasteiger partial charge in [-0.1, -0.05) is 0 Å². The van der Waals surface area contributed by atoms with E-state index >= 15 is 0 Å². The van der Waals surface area contributed by atoms with E-state index in [9.17, 15) is 8.78 Å². The third-order valence-electron chi connectivity index (χ3n) is 2.98. The van der Waals surface area contributed by atoms with Crippen LogP contribution >= 0.6 is 0 Å². The van der Waals surface area contributed by atoms with Crippen molar-refractivity contribution in [3.8, 4) is 0 Å². The van der Waals surface area contributed by atoms with E-state index in [-0.39, 0.29) is 0 Å². The Balaban J connectivity index is 2.11. The molecule has 1 heterocycles. The van der Waals surface area contributed by atoms with Crippen LogP contribution in [-0.4, -0.2) is 15.0 Å². The number of halogens is 2. The van der Waals surface area contributed by atoms with E-state index in [0.29, 0.717) is 21.4 Å². The third kappa shape index (κ3) is 2.01. The van der Waals surface area contributed by atoms with Gasteiger partial charge >= 0.3 is 105 Å². The molecule has 0 N–H and O–H groups in total. The molecule has 0 aliphatic carbocycles. The molecule has 3 rings (SSSR count). The molecule has 0 unspecified atom stereocenters. The number of fused-ring (bicyclic) bond motifs is 2. The van der Waals surface area contributed by atoms with Gasteiger partial charge in [-0.2, -0.15) is 0 Å². The van der Waals surface area contributed by atoms with Crippen LogP contribution in [0.25, 0.3) is 0 Å². The molecule has 0 radical (unpaired) electrons. The van der Waals surface area contributed by atoms with Crippen LogP contribution in [0.3, 0.4) is 0 Å². The molecule has 1 aliphatic rings. The molecule has 0 atom stereocenters. The van der Waals surface area contributed by atoms with Gasteiger partial charge < -0.3 is 0 Å². The molecule has 1 aliphatic heterocycles. The summed E-state index contributed by atoms with van der Waals surface area (Å²) in [5.74, 6) is -1.47. The second-order valence-electron chi connectivity index (χ2n) is 4.11. The summed E-state index contributed by atoms with van der Waals surface area (Å²) in [5, 5.41) is 0.844. The van der Waals surface area contributed by atoms with Crippen molar-refractivity contribution in [1.29, 1.82) is 0 Å². The van der Waals surface area contributed by atoms with E-state index in [4.69, 9.17) is 0 Å². The van der Waals surface area contributed by atoms with Crippen LogP contribution in [0.1, 0.15) is 16.7 Å². The molecule has 0 saturated heterocycles. The molecular formula is C14H10F2Se. The van der Waals surface area contributed by atoms with Crippen LogP contribution in [-0.2, 0) is 11.7 Å². The van der Waals surface area contributed by atoms with Gasteiger partial charge in [0.1, 0.15) is 0 Å². The standard InChI is InChI=1S/C14H10F2Se/c15-12-6-10-5-9-3-1-2-4-14(9)17-8-11(10)7-13(12)16/h1-4,6-7H,5,8H2. The SMILES string of the molecule is Fc1cc2c(cc1F)Cc1ccccc1[Se]C2. The maximum atomic E-state index is 13.2. The summed E-state index contributed by atoms with van der Waals surface area (Å²) in [7, 11) is 0. The third-order valence-corrected chi connectivity index (χ3v) is 5.42. The number of rotatable bonds is 0. The summed E-state index contributed by atoms with van der Waals surface area (Å²) in [5.41, 5.74) is 3.13. The summed E-state index contributed by atoms with van der Waals surface area (Å²) >= 11 is 0.312. The fraction of sp³-hybridized carbons (Fsp3) is 0.143. The first kappa shape index (κ1) is 10.9. The molecule has 86 valence electrons. The first-order valence-corrected chi connectivity index (χ1v) is 7.48. The molecule has 0 aromatic heterocycles. The van der Waals surface area contributed by atoms with E-state index in [1.165, 1.54) is 22.2 Å². The Morgan fingerprint density at radius 3 is 2.41 bits per heavy atom. The first-order chi connectivity index (χ1) is 8.24.